The highest BCUT2D eigenvalue weighted by atomic mass is 35.5. The van der Waals surface area contributed by atoms with Crippen molar-refractivity contribution in [2.24, 2.45) is 0 Å². The third-order valence-electron chi connectivity index (χ3n) is 4.73. The Kier molecular flexibility index (Phi) is 5.23. The number of amides is 2. The normalized spacial score (nSPS) is 12.9. The van der Waals surface area contributed by atoms with E-state index in [0.717, 1.165) is 11.1 Å². The Morgan fingerprint density at radius 2 is 1.93 bits per heavy atom. The summed E-state index contributed by atoms with van der Waals surface area (Å²) >= 11 is 6.27. The van der Waals surface area contributed by atoms with Gasteiger partial charge in [-0.25, -0.2) is 0 Å². The highest BCUT2D eigenvalue weighted by Crippen LogP contribution is 2.36. The predicted molar refractivity (Wildman–Crippen MR) is 114 cm³/mol. The van der Waals surface area contributed by atoms with Crippen LogP contribution >= 0.6 is 11.6 Å². The number of anilines is 2. The smallest absolute Gasteiger partial charge is 0.265 e. The lowest BCUT2D eigenvalue weighted by molar-refractivity contribution is -0.121. The molecule has 2 amide bonds. The molecule has 0 saturated carbocycles. The molecule has 0 radical (unpaired) electrons. The number of ether oxygens (including phenoxy) is 1. The van der Waals surface area contributed by atoms with Crippen LogP contribution in [-0.4, -0.2) is 18.4 Å². The number of hydrogen-bond donors (Lipinski definition) is 1. The number of carbonyl (C=O) groups excluding carboxylic acids is 2. The number of benzene rings is 3. The van der Waals surface area contributed by atoms with E-state index in [2.05, 4.69) is 5.32 Å². The van der Waals surface area contributed by atoms with Crippen molar-refractivity contribution in [2.75, 3.05) is 16.8 Å². The van der Waals surface area contributed by atoms with Gasteiger partial charge in [-0.3, -0.25) is 9.59 Å². The summed E-state index contributed by atoms with van der Waals surface area (Å²) in [5.74, 6) is 0.208. The Hall–Kier alpha value is -3.31. The van der Waals surface area contributed by atoms with Crippen LogP contribution in [0, 0.1) is 6.92 Å². The number of rotatable bonds is 4. The van der Waals surface area contributed by atoms with E-state index in [1.807, 2.05) is 43.3 Å². The van der Waals surface area contributed by atoms with Crippen LogP contribution in [0.2, 0.25) is 5.02 Å². The maximum absolute atomic E-state index is 12.6. The largest absolute Gasteiger partial charge is 0.482 e. The molecule has 1 aliphatic rings. The zero-order valence-corrected chi connectivity index (χ0v) is 16.6. The van der Waals surface area contributed by atoms with Gasteiger partial charge < -0.3 is 15.0 Å². The van der Waals surface area contributed by atoms with E-state index in [1.165, 1.54) is 0 Å². The molecule has 0 bridgehead atoms. The average molecular weight is 407 g/mol. The second-order valence-corrected chi connectivity index (χ2v) is 7.27. The van der Waals surface area contributed by atoms with Gasteiger partial charge in [0.2, 0.25) is 0 Å². The minimum Gasteiger partial charge on any atom is -0.482 e. The first-order valence-corrected chi connectivity index (χ1v) is 9.58. The van der Waals surface area contributed by atoms with E-state index in [-0.39, 0.29) is 18.4 Å². The van der Waals surface area contributed by atoms with Crippen LogP contribution in [0.1, 0.15) is 21.5 Å². The number of aryl methyl sites for hydroxylation is 1. The highest BCUT2D eigenvalue weighted by molar-refractivity contribution is 6.31. The summed E-state index contributed by atoms with van der Waals surface area (Å²) in [7, 11) is 0. The van der Waals surface area contributed by atoms with Crippen LogP contribution in [0.15, 0.2) is 66.7 Å². The fourth-order valence-corrected chi connectivity index (χ4v) is 3.44. The number of carbonyl (C=O) groups is 2. The molecule has 1 aliphatic heterocycles. The Morgan fingerprint density at radius 3 is 2.72 bits per heavy atom. The van der Waals surface area contributed by atoms with E-state index in [4.69, 9.17) is 16.3 Å². The van der Waals surface area contributed by atoms with Gasteiger partial charge >= 0.3 is 0 Å². The lowest BCUT2D eigenvalue weighted by Gasteiger charge is -2.30. The molecule has 29 heavy (non-hydrogen) atoms. The van der Waals surface area contributed by atoms with Crippen molar-refractivity contribution in [1.82, 2.24) is 0 Å². The van der Waals surface area contributed by atoms with E-state index < -0.39 is 0 Å². The molecule has 1 heterocycles. The summed E-state index contributed by atoms with van der Waals surface area (Å²) in [5.41, 5.74) is 3.60. The lowest BCUT2D eigenvalue weighted by Crippen LogP contribution is -2.38. The van der Waals surface area contributed by atoms with Gasteiger partial charge in [-0.1, -0.05) is 47.5 Å². The van der Waals surface area contributed by atoms with Crippen molar-refractivity contribution < 1.29 is 14.3 Å². The second-order valence-electron chi connectivity index (χ2n) is 6.87. The van der Waals surface area contributed by atoms with Crippen molar-refractivity contribution in [3.63, 3.8) is 0 Å². The van der Waals surface area contributed by atoms with Crippen molar-refractivity contribution in [3.05, 3.63) is 88.4 Å². The van der Waals surface area contributed by atoms with Crippen molar-refractivity contribution in [3.8, 4) is 5.75 Å². The number of hydrogen-bond acceptors (Lipinski definition) is 3. The SMILES string of the molecule is Cc1cccc(C(=O)Nc2ccc3c(c2)N(Cc2ccccc2Cl)C(=O)CO3)c1. The molecule has 0 aliphatic carbocycles. The third kappa shape index (κ3) is 4.10. The molecular weight excluding hydrogens is 388 g/mol. The molecule has 0 atom stereocenters. The van der Waals surface area contributed by atoms with Gasteiger partial charge in [0.25, 0.3) is 11.8 Å². The van der Waals surface area contributed by atoms with Crippen LogP contribution in [0.4, 0.5) is 11.4 Å². The summed E-state index contributed by atoms with van der Waals surface area (Å²) in [5, 5.41) is 3.48. The monoisotopic (exact) mass is 406 g/mol. The molecule has 6 heteroatoms. The predicted octanol–water partition coefficient (Wildman–Crippen LogP) is 4.83. The highest BCUT2D eigenvalue weighted by Gasteiger charge is 2.26. The third-order valence-corrected chi connectivity index (χ3v) is 5.10. The maximum atomic E-state index is 12.6. The van der Waals surface area contributed by atoms with E-state index >= 15 is 0 Å². The topological polar surface area (TPSA) is 58.6 Å². The fourth-order valence-electron chi connectivity index (χ4n) is 3.24. The summed E-state index contributed by atoms with van der Waals surface area (Å²) in [6.45, 7) is 2.22. The summed E-state index contributed by atoms with van der Waals surface area (Å²) in [6.07, 6.45) is 0. The number of nitrogens with one attached hydrogen (secondary N) is 1. The number of fused-ring (bicyclic) bond motifs is 1. The molecule has 146 valence electrons. The van der Waals surface area contributed by atoms with Gasteiger partial charge in [0.1, 0.15) is 5.75 Å². The summed E-state index contributed by atoms with van der Waals surface area (Å²) in [4.78, 5) is 26.7. The van der Waals surface area contributed by atoms with Gasteiger partial charge in [0, 0.05) is 16.3 Å². The van der Waals surface area contributed by atoms with Gasteiger partial charge in [0.05, 0.1) is 12.2 Å². The Balaban J connectivity index is 1.62. The minimum atomic E-state index is -0.214. The second kappa shape index (κ2) is 7.97. The quantitative estimate of drug-likeness (QED) is 0.675. The van der Waals surface area contributed by atoms with Crippen LogP contribution < -0.4 is 15.0 Å². The van der Waals surface area contributed by atoms with Crippen LogP contribution in [0.25, 0.3) is 0 Å². The van der Waals surface area contributed by atoms with Crippen LogP contribution in [0.5, 0.6) is 5.75 Å². The molecule has 3 aromatic carbocycles. The zero-order valence-electron chi connectivity index (χ0n) is 15.8. The molecule has 0 unspecified atom stereocenters. The Labute approximate surface area is 173 Å². The molecule has 3 aromatic rings. The zero-order chi connectivity index (χ0) is 20.4. The fraction of sp³-hybridized carbons (Fsp3) is 0.130. The first-order chi connectivity index (χ1) is 14.0. The molecule has 1 N–H and O–H groups in total. The summed E-state index contributed by atoms with van der Waals surface area (Å²) < 4.78 is 5.56. The standard InChI is InChI=1S/C23H19ClN2O3/c1-15-5-4-7-16(11-15)23(28)25-18-9-10-21-20(12-18)26(22(27)14-29-21)13-17-6-2-3-8-19(17)24/h2-12H,13-14H2,1H3,(H,25,28). The van der Waals surface area contributed by atoms with Crippen LogP contribution in [-0.2, 0) is 11.3 Å². The average Bonchev–Trinajstić information content (AvgIpc) is 2.71. The number of halogens is 1. The first-order valence-electron chi connectivity index (χ1n) is 9.20. The first kappa shape index (κ1) is 19.0. The Bertz CT molecular complexity index is 1100. The molecular formula is C23H19ClN2O3. The molecule has 0 fully saturated rings. The molecule has 0 saturated heterocycles. The maximum Gasteiger partial charge on any atom is 0.265 e. The van der Waals surface area contributed by atoms with Crippen molar-refractivity contribution in [2.45, 2.75) is 13.5 Å². The van der Waals surface area contributed by atoms with E-state index in [9.17, 15) is 9.59 Å². The molecule has 4 rings (SSSR count). The van der Waals surface area contributed by atoms with Crippen molar-refractivity contribution >= 4 is 34.8 Å². The lowest BCUT2D eigenvalue weighted by atomic mass is 10.1. The summed E-state index contributed by atoms with van der Waals surface area (Å²) in [6, 6.07) is 20.0. The molecule has 0 aromatic heterocycles. The molecule has 0 spiro atoms. The van der Waals surface area contributed by atoms with Gasteiger partial charge in [-0.2, -0.15) is 0 Å². The van der Waals surface area contributed by atoms with E-state index in [1.54, 1.807) is 35.2 Å². The van der Waals surface area contributed by atoms with Gasteiger partial charge in [0.15, 0.2) is 6.61 Å². The van der Waals surface area contributed by atoms with Gasteiger partial charge in [-0.05, 0) is 48.9 Å². The van der Waals surface area contributed by atoms with Gasteiger partial charge in [-0.15, -0.1) is 0 Å². The van der Waals surface area contributed by atoms with E-state index in [0.29, 0.717) is 34.3 Å². The Morgan fingerprint density at radius 1 is 1.10 bits per heavy atom. The molecule has 5 nitrogen and oxygen atoms in total. The van der Waals surface area contributed by atoms with Crippen LogP contribution in [0.3, 0.4) is 0 Å². The number of nitrogens with zero attached hydrogens (tertiary/aromatic N) is 1. The minimum absolute atomic E-state index is 0.0353. The van der Waals surface area contributed by atoms with Crippen molar-refractivity contribution in [1.29, 1.82) is 0 Å².